The molecule has 152 valence electrons. The number of benzene rings is 2. The molecule has 0 atom stereocenters. The van der Waals surface area contributed by atoms with Crippen LogP contribution in [0.4, 0.5) is 0 Å². The minimum atomic E-state index is 0.507. The first kappa shape index (κ1) is 20.3. The maximum atomic E-state index is 5.59. The van der Waals surface area contributed by atoms with Gasteiger partial charge in [-0.1, -0.05) is 18.2 Å². The zero-order valence-corrected chi connectivity index (χ0v) is 17.2. The Bertz CT molecular complexity index is 954. The van der Waals surface area contributed by atoms with Gasteiger partial charge < -0.3 is 24.1 Å². The Labute approximate surface area is 171 Å². The number of hydrogen-bond donors (Lipinski definition) is 1. The molecular weight excluding hydrogens is 368 g/mol. The van der Waals surface area contributed by atoms with Crippen LogP contribution in [-0.2, 0) is 13.1 Å². The number of oxazole rings is 1. The summed E-state index contributed by atoms with van der Waals surface area (Å²) in [5, 5.41) is 3.32. The summed E-state index contributed by atoms with van der Waals surface area (Å²) in [4.78, 5) is 10.9. The lowest BCUT2D eigenvalue weighted by atomic mass is 10.2. The van der Waals surface area contributed by atoms with Crippen LogP contribution >= 0.6 is 0 Å². The maximum absolute atomic E-state index is 5.59. The van der Waals surface area contributed by atoms with Crippen molar-refractivity contribution in [3.05, 3.63) is 66.1 Å². The van der Waals surface area contributed by atoms with E-state index in [1.54, 1.807) is 27.5 Å². The number of nitrogens with zero attached hydrogens (tertiary/aromatic N) is 3. The molecule has 0 aliphatic carbocycles. The number of ether oxygens (including phenoxy) is 2. The van der Waals surface area contributed by atoms with Crippen molar-refractivity contribution < 1.29 is 13.9 Å². The van der Waals surface area contributed by atoms with E-state index in [1.807, 2.05) is 60.5 Å². The summed E-state index contributed by atoms with van der Waals surface area (Å²) in [5.74, 6) is 2.88. The lowest BCUT2D eigenvalue weighted by Crippen LogP contribution is -2.38. The molecule has 0 unspecified atom stereocenters. The van der Waals surface area contributed by atoms with Gasteiger partial charge in [-0.3, -0.25) is 4.99 Å². The van der Waals surface area contributed by atoms with E-state index in [1.165, 1.54) is 0 Å². The van der Waals surface area contributed by atoms with Crippen molar-refractivity contribution in [3.8, 4) is 23.0 Å². The van der Waals surface area contributed by atoms with Gasteiger partial charge in [-0.15, -0.1) is 0 Å². The first-order valence-electron chi connectivity index (χ1n) is 9.27. The number of methoxy groups -OCH3 is 2. The predicted octanol–water partition coefficient (Wildman–Crippen LogP) is 3.57. The van der Waals surface area contributed by atoms with Crippen LogP contribution in [0.15, 0.2) is 64.2 Å². The lowest BCUT2D eigenvalue weighted by molar-refractivity contribution is 0.382. The quantitative estimate of drug-likeness (QED) is 0.488. The molecule has 29 heavy (non-hydrogen) atoms. The third-order valence-electron chi connectivity index (χ3n) is 4.48. The molecule has 0 aliphatic rings. The highest BCUT2D eigenvalue weighted by Crippen LogP contribution is 2.25. The standard InChI is InChI=1S/C22H26N4O3/c1-23-22(26(2)14-17-10-11-19(27-3)12-20(17)28-4)24-13-18-15-29-21(25-18)16-8-6-5-7-9-16/h5-12,15H,13-14H2,1-4H3,(H,23,24). The molecular formula is C22H26N4O3. The van der Waals surface area contributed by atoms with Gasteiger partial charge in [-0.05, 0) is 24.3 Å². The fourth-order valence-corrected chi connectivity index (χ4v) is 2.97. The SMILES string of the molecule is CN=C(NCc1coc(-c2ccccc2)n1)N(C)Cc1ccc(OC)cc1OC. The highest BCUT2D eigenvalue weighted by molar-refractivity contribution is 5.79. The van der Waals surface area contributed by atoms with Crippen LogP contribution in [0.1, 0.15) is 11.3 Å². The average Bonchev–Trinajstić information content (AvgIpc) is 3.24. The number of guanidine groups is 1. The fraction of sp³-hybridized carbons (Fsp3) is 0.273. The number of aromatic nitrogens is 1. The Morgan fingerprint density at radius 3 is 2.62 bits per heavy atom. The molecule has 0 bridgehead atoms. The van der Waals surface area contributed by atoms with E-state index in [4.69, 9.17) is 13.9 Å². The zero-order chi connectivity index (χ0) is 20.6. The minimum absolute atomic E-state index is 0.507. The summed E-state index contributed by atoms with van der Waals surface area (Å²) in [6, 6.07) is 15.6. The monoisotopic (exact) mass is 394 g/mol. The molecule has 3 rings (SSSR count). The molecule has 7 heteroatoms. The van der Waals surface area contributed by atoms with Crippen LogP contribution in [0.3, 0.4) is 0 Å². The molecule has 0 amide bonds. The van der Waals surface area contributed by atoms with Crippen LogP contribution in [-0.4, -0.2) is 44.2 Å². The summed E-state index contributed by atoms with van der Waals surface area (Å²) in [6.45, 7) is 1.13. The van der Waals surface area contributed by atoms with Crippen molar-refractivity contribution in [2.45, 2.75) is 13.1 Å². The highest BCUT2D eigenvalue weighted by atomic mass is 16.5. The largest absolute Gasteiger partial charge is 0.497 e. The predicted molar refractivity (Wildman–Crippen MR) is 113 cm³/mol. The van der Waals surface area contributed by atoms with E-state index in [-0.39, 0.29) is 0 Å². The number of aliphatic imine (C=N–C) groups is 1. The van der Waals surface area contributed by atoms with Gasteiger partial charge in [-0.2, -0.15) is 0 Å². The summed E-state index contributed by atoms with van der Waals surface area (Å²) in [6.07, 6.45) is 1.66. The smallest absolute Gasteiger partial charge is 0.226 e. The van der Waals surface area contributed by atoms with Crippen molar-refractivity contribution >= 4 is 5.96 Å². The van der Waals surface area contributed by atoms with E-state index in [9.17, 15) is 0 Å². The number of hydrogen-bond acceptors (Lipinski definition) is 5. The summed E-state index contributed by atoms with van der Waals surface area (Å²) in [7, 11) is 7.01. The first-order chi connectivity index (χ1) is 14.1. The zero-order valence-electron chi connectivity index (χ0n) is 17.2. The number of nitrogens with one attached hydrogen (secondary N) is 1. The molecule has 0 radical (unpaired) electrons. The Hall–Kier alpha value is -3.48. The summed E-state index contributed by atoms with van der Waals surface area (Å²) < 4.78 is 16.3. The van der Waals surface area contributed by atoms with Crippen LogP contribution in [0.25, 0.3) is 11.5 Å². The Morgan fingerprint density at radius 1 is 1.14 bits per heavy atom. The lowest BCUT2D eigenvalue weighted by Gasteiger charge is -2.23. The molecule has 7 nitrogen and oxygen atoms in total. The van der Waals surface area contributed by atoms with E-state index in [2.05, 4.69) is 15.3 Å². The van der Waals surface area contributed by atoms with Gasteiger partial charge in [0.25, 0.3) is 0 Å². The van der Waals surface area contributed by atoms with Gasteiger partial charge in [0, 0.05) is 37.8 Å². The van der Waals surface area contributed by atoms with Crippen LogP contribution in [0.5, 0.6) is 11.5 Å². The van der Waals surface area contributed by atoms with Gasteiger partial charge >= 0.3 is 0 Å². The van der Waals surface area contributed by atoms with Gasteiger partial charge in [-0.25, -0.2) is 4.98 Å². The second-order valence-corrected chi connectivity index (χ2v) is 6.44. The molecule has 0 aliphatic heterocycles. The molecule has 2 aromatic carbocycles. The summed E-state index contributed by atoms with van der Waals surface area (Å²) in [5.41, 5.74) is 2.79. The first-order valence-corrected chi connectivity index (χ1v) is 9.27. The highest BCUT2D eigenvalue weighted by Gasteiger charge is 2.12. The molecule has 0 saturated carbocycles. The second kappa shape index (κ2) is 9.64. The summed E-state index contributed by atoms with van der Waals surface area (Å²) >= 11 is 0. The molecule has 1 aromatic heterocycles. The van der Waals surface area contributed by atoms with Crippen molar-refractivity contribution in [3.63, 3.8) is 0 Å². The van der Waals surface area contributed by atoms with Crippen molar-refractivity contribution in [1.29, 1.82) is 0 Å². The fourth-order valence-electron chi connectivity index (χ4n) is 2.97. The third kappa shape index (κ3) is 5.07. The molecule has 0 saturated heterocycles. The van der Waals surface area contributed by atoms with E-state index in [0.717, 1.165) is 34.3 Å². The molecule has 0 spiro atoms. The van der Waals surface area contributed by atoms with Crippen LogP contribution < -0.4 is 14.8 Å². The Morgan fingerprint density at radius 2 is 1.93 bits per heavy atom. The van der Waals surface area contributed by atoms with Crippen molar-refractivity contribution in [2.75, 3.05) is 28.3 Å². The van der Waals surface area contributed by atoms with Crippen molar-refractivity contribution in [2.24, 2.45) is 4.99 Å². The Kier molecular flexibility index (Phi) is 6.73. The van der Waals surface area contributed by atoms with Crippen LogP contribution in [0, 0.1) is 0 Å². The van der Waals surface area contributed by atoms with Gasteiger partial charge in [0.05, 0.1) is 26.5 Å². The molecule has 1 N–H and O–H groups in total. The normalized spacial score (nSPS) is 11.2. The van der Waals surface area contributed by atoms with Gasteiger partial charge in [0.1, 0.15) is 17.8 Å². The van der Waals surface area contributed by atoms with Gasteiger partial charge in [0.2, 0.25) is 5.89 Å². The maximum Gasteiger partial charge on any atom is 0.226 e. The number of rotatable bonds is 7. The molecule has 0 fully saturated rings. The van der Waals surface area contributed by atoms with Crippen LogP contribution in [0.2, 0.25) is 0 Å². The Balaban J connectivity index is 1.63. The second-order valence-electron chi connectivity index (χ2n) is 6.44. The van der Waals surface area contributed by atoms with E-state index < -0.39 is 0 Å². The molecule has 3 aromatic rings. The molecule has 1 heterocycles. The third-order valence-corrected chi connectivity index (χ3v) is 4.48. The van der Waals surface area contributed by atoms with E-state index >= 15 is 0 Å². The topological polar surface area (TPSA) is 72.1 Å². The minimum Gasteiger partial charge on any atom is -0.497 e. The van der Waals surface area contributed by atoms with E-state index in [0.29, 0.717) is 19.0 Å². The average molecular weight is 394 g/mol. The van der Waals surface area contributed by atoms with Gasteiger partial charge in [0.15, 0.2) is 5.96 Å². The van der Waals surface area contributed by atoms with Crippen molar-refractivity contribution in [1.82, 2.24) is 15.2 Å².